The van der Waals surface area contributed by atoms with Crippen LogP contribution in [0.1, 0.15) is 31.7 Å². The molecule has 1 spiro atoms. The summed E-state index contributed by atoms with van der Waals surface area (Å²) in [5.74, 6) is 1.81. The molecule has 1 amide bonds. The number of nitrogens with zero attached hydrogens (tertiary/aromatic N) is 2. The van der Waals surface area contributed by atoms with E-state index in [1.807, 2.05) is 18.2 Å². The zero-order chi connectivity index (χ0) is 18.6. The largest absolute Gasteiger partial charge is 0.496 e. The van der Waals surface area contributed by atoms with Crippen LogP contribution in [0.25, 0.3) is 0 Å². The zero-order valence-electron chi connectivity index (χ0n) is 15.9. The highest BCUT2D eigenvalue weighted by atomic mass is 127. The van der Waals surface area contributed by atoms with Crippen LogP contribution in [0.3, 0.4) is 0 Å². The highest BCUT2D eigenvalue weighted by Gasteiger charge is 2.42. The molecule has 6 nitrogen and oxygen atoms in total. The zero-order valence-corrected chi connectivity index (χ0v) is 19.0. The van der Waals surface area contributed by atoms with Gasteiger partial charge in [0, 0.05) is 48.6 Å². The number of hydrogen-bond acceptors (Lipinski definition) is 3. The van der Waals surface area contributed by atoms with Gasteiger partial charge in [0.1, 0.15) is 5.75 Å². The van der Waals surface area contributed by atoms with Crippen molar-refractivity contribution in [3.8, 4) is 5.75 Å². The van der Waals surface area contributed by atoms with Crippen LogP contribution < -0.4 is 15.4 Å². The second-order valence-corrected chi connectivity index (χ2v) is 7.54. The van der Waals surface area contributed by atoms with Crippen LogP contribution in [-0.2, 0) is 11.3 Å². The lowest BCUT2D eigenvalue weighted by Crippen LogP contribution is -2.51. The maximum atomic E-state index is 11.7. The van der Waals surface area contributed by atoms with E-state index in [2.05, 4.69) is 22.5 Å². The van der Waals surface area contributed by atoms with E-state index in [0.29, 0.717) is 18.0 Å². The number of rotatable bonds is 4. The van der Waals surface area contributed by atoms with Crippen LogP contribution in [0.5, 0.6) is 5.75 Å². The molecule has 2 fully saturated rings. The lowest BCUT2D eigenvalue weighted by Gasteiger charge is -2.40. The molecule has 1 unspecified atom stereocenters. The Labute approximate surface area is 183 Å². The van der Waals surface area contributed by atoms with Gasteiger partial charge in [0.2, 0.25) is 5.91 Å². The van der Waals surface area contributed by atoms with Crippen molar-refractivity contribution in [3.63, 3.8) is 0 Å². The van der Waals surface area contributed by atoms with Gasteiger partial charge in [-0.1, -0.05) is 17.7 Å². The number of carbonyl (C=O) groups excluding carboxylic acids is 1. The summed E-state index contributed by atoms with van der Waals surface area (Å²) in [6.45, 7) is 5.97. The molecule has 150 valence electrons. The van der Waals surface area contributed by atoms with Gasteiger partial charge >= 0.3 is 0 Å². The smallest absolute Gasteiger partial charge is 0.220 e. The first kappa shape index (κ1) is 22.1. The minimum Gasteiger partial charge on any atom is -0.496 e. The summed E-state index contributed by atoms with van der Waals surface area (Å²) in [4.78, 5) is 18.8. The quantitative estimate of drug-likeness (QED) is 0.374. The summed E-state index contributed by atoms with van der Waals surface area (Å²) in [5.41, 5.74) is 1.04. The Morgan fingerprint density at radius 3 is 2.96 bits per heavy atom. The number of benzene rings is 1. The van der Waals surface area contributed by atoms with Crippen molar-refractivity contribution < 1.29 is 9.53 Å². The molecular formula is C19H28ClIN4O2. The van der Waals surface area contributed by atoms with Gasteiger partial charge in [-0.3, -0.25) is 4.79 Å². The van der Waals surface area contributed by atoms with Crippen LogP contribution in [-0.4, -0.2) is 50.1 Å². The van der Waals surface area contributed by atoms with Crippen LogP contribution >= 0.6 is 35.6 Å². The molecule has 3 rings (SSSR count). The van der Waals surface area contributed by atoms with Crippen molar-refractivity contribution >= 4 is 47.4 Å². The van der Waals surface area contributed by atoms with E-state index < -0.39 is 0 Å². The third kappa shape index (κ3) is 5.40. The average Bonchev–Trinajstić information content (AvgIpc) is 2.99. The molecule has 1 aromatic carbocycles. The minimum absolute atomic E-state index is 0. The van der Waals surface area contributed by atoms with Crippen molar-refractivity contribution in [2.24, 2.45) is 10.4 Å². The Bertz CT molecular complexity index is 700. The number of carbonyl (C=O) groups is 1. The van der Waals surface area contributed by atoms with Crippen LogP contribution in [0.15, 0.2) is 23.2 Å². The molecule has 2 heterocycles. The maximum absolute atomic E-state index is 11.7. The SMILES string of the molecule is CCNC(=NCc1ccc(Cl)cc1OC)N1CCCC2(CNC(=O)C2)C1.I. The van der Waals surface area contributed by atoms with E-state index in [1.54, 1.807) is 7.11 Å². The molecule has 0 saturated carbocycles. The number of nitrogens with one attached hydrogen (secondary N) is 2. The number of ether oxygens (including phenoxy) is 1. The maximum Gasteiger partial charge on any atom is 0.220 e. The summed E-state index contributed by atoms with van der Waals surface area (Å²) in [6.07, 6.45) is 2.78. The van der Waals surface area contributed by atoms with Crippen molar-refractivity contribution in [1.29, 1.82) is 0 Å². The third-order valence-corrected chi connectivity index (χ3v) is 5.38. The molecule has 2 N–H and O–H groups in total. The number of piperidine rings is 1. The van der Waals surface area contributed by atoms with Gasteiger partial charge in [0.05, 0.1) is 13.7 Å². The fourth-order valence-corrected chi connectivity index (χ4v) is 4.03. The summed E-state index contributed by atoms with van der Waals surface area (Å²) in [7, 11) is 1.64. The fourth-order valence-electron chi connectivity index (χ4n) is 3.86. The van der Waals surface area contributed by atoms with Gasteiger partial charge in [-0.15, -0.1) is 24.0 Å². The first-order valence-electron chi connectivity index (χ1n) is 9.17. The van der Waals surface area contributed by atoms with Crippen molar-refractivity contribution in [2.45, 2.75) is 32.7 Å². The summed E-state index contributed by atoms with van der Waals surface area (Å²) in [6, 6.07) is 5.62. The van der Waals surface area contributed by atoms with Crippen LogP contribution in [0.4, 0.5) is 0 Å². The van der Waals surface area contributed by atoms with E-state index in [1.165, 1.54) is 0 Å². The predicted octanol–water partition coefficient (Wildman–Crippen LogP) is 3.03. The summed E-state index contributed by atoms with van der Waals surface area (Å²) in [5, 5.41) is 7.04. The van der Waals surface area contributed by atoms with Crippen molar-refractivity contribution in [1.82, 2.24) is 15.5 Å². The Balaban J connectivity index is 0.00000261. The monoisotopic (exact) mass is 506 g/mol. The standard InChI is InChI=1S/C19H27ClN4O2.HI/c1-3-21-18(22-11-14-5-6-15(20)9-16(14)26-2)24-8-4-7-19(13-24)10-17(25)23-12-19;/h5-6,9H,3-4,7-8,10-13H2,1-2H3,(H,21,22)(H,23,25);1H. The molecule has 1 atom stereocenters. The van der Waals surface area contributed by atoms with E-state index in [0.717, 1.165) is 56.3 Å². The minimum atomic E-state index is 0. The first-order valence-corrected chi connectivity index (χ1v) is 9.55. The van der Waals surface area contributed by atoms with E-state index >= 15 is 0 Å². The lowest BCUT2D eigenvalue weighted by molar-refractivity contribution is -0.119. The fraction of sp³-hybridized carbons (Fsp3) is 0.579. The van der Waals surface area contributed by atoms with Crippen LogP contribution in [0.2, 0.25) is 5.02 Å². The van der Waals surface area contributed by atoms with Gasteiger partial charge < -0.3 is 20.3 Å². The van der Waals surface area contributed by atoms with Gasteiger partial charge in [-0.2, -0.15) is 0 Å². The van der Waals surface area contributed by atoms with Gasteiger partial charge in [0.15, 0.2) is 5.96 Å². The molecule has 0 bridgehead atoms. The third-order valence-electron chi connectivity index (χ3n) is 5.14. The highest BCUT2D eigenvalue weighted by molar-refractivity contribution is 14.0. The van der Waals surface area contributed by atoms with Gasteiger partial charge in [-0.05, 0) is 31.9 Å². The van der Waals surface area contributed by atoms with Crippen LogP contribution in [0, 0.1) is 5.41 Å². The Kier molecular flexibility index (Phi) is 8.03. The van der Waals surface area contributed by atoms with E-state index in [9.17, 15) is 4.79 Å². The normalized spacial score (nSPS) is 22.4. The molecule has 0 aliphatic carbocycles. The topological polar surface area (TPSA) is 66.0 Å². The Morgan fingerprint density at radius 2 is 2.30 bits per heavy atom. The number of amides is 1. The molecule has 27 heavy (non-hydrogen) atoms. The Hall–Kier alpha value is -1.22. The second-order valence-electron chi connectivity index (χ2n) is 7.10. The number of likely N-dealkylation sites (tertiary alicyclic amines) is 1. The number of hydrogen-bond donors (Lipinski definition) is 2. The summed E-state index contributed by atoms with van der Waals surface area (Å²) >= 11 is 6.04. The van der Waals surface area contributed by atoms with Crippen molar-refractivity contribution in [2.75, 3.05) is 33.3 Å². The molecule has 0 radical (unpaired) electrons. The number of halogens is 2. The molecule has 0 aromatic heterocycles. The number of guanidine groups is 1. The number of methoxy groups -OCH3 is 1. The van der Waals surface area contributed by atoms with Crippen molar-refractivity contribution in [3.05, 3.63) is 28.8 Å². The van der Waals surface area contributed by atoms with E-state index in [4.69, 9.17) is 21.3 Å². The highest BCUT2D eigenvalue weighted by Crippen LogP contribution is 2.36. The van der Waals surface area contributed by atoms with Gasteiger partial charge in [-0.25, -0.2) is 4.99 Å². The summed E-state index contributed by atoms with van der Waals surface area (Å²) < 4.78 is 5.42. The number of aliphatic imine (C=N–C) groups is 1. The molecule has 2 aliphatic heterocycles. The molecule has 2 saturated heterocycles. The second kappa shape index (κ2) is 9.82. The molecule has 1 aromatic rings. The predicted molar refractivity (Wildman–Crippen MR) is 119 cm³/mol. The Morgan fingerprint density at radius 1 is 1.48 bits per heavy atom. The van der Waals surface area contributed by atoms with Gasteiger partial charge in [0.25, 0.3) is 0 Å². The molecular weight excluding hydrogens is 479 g/mol. The molecule has 8 heteroatoms. The molecule has 2 aliphatic rings. The average molecular weight is 507 g/mol. The lowest BCUT2D eigenvalue weighted by atomic mass is 9.79. The first-order chi connectivity index (χ1) is 12.5. The van der Waals surface area contributed by atoms with E-state index in [-0.39, 0.29) is 35.3 Å².